The van der Waals surface area contributed by atoms with Gasteiger partial charge in [-0.05, 0) is 76.3 Å². The third kappa shape index (κ3) is 11.7. The number of esters is 2. The largest absolute Gasteiger partial charge is 0.457 e. The van der Waals surface area contributed by atoms with E-state index in [0.717, 1.165) is 12.0 Å². The van der Waals surface area contributed by atoms with E-state index in [1.165, 1.54) is 6.92 Å². The number of methoxy groups -OCH3 is 1. The van der Waals surface area contributed by atoms with Gasteiger partial charge in [-0.25, -0.2) is 0 Å². The summed E-state index contributed by atoms with van der Waals surface area (Å²) < 4.78 is 23.2. The number of halogens is 1. The van der Waals surface area contributed by atoms with Gasteiger partial charge in [0.25, 0.3) is 0 Å². The monoisotopic (exact) mass is 719 g/mol. The number of cyclic esters (lactones) is 1. The van der Waals surface area contributed by atoms with Gasteiger partial charge in [0.15, 0.2) is 0 Å². The first-order chi connectivity index (χ1) is 23.4. The Morgan fingerprint density at radius 3 is 2.46 bits per heavy atom. The number of epoxide rings is 1. The Hall–Kier alpha value is -2.57. The van der Waals surface area contributed by atoms with Crippen LogP contribution in [0.15, 0.2) is 60.2 Å². The van der Waals surface area contributed by atoms with Crippen molar-refractivity contribution in [2.24, 2.45) is 11.8 Å². The highest BCUT2D eigenvalue weighted by Gasteiger charge is 2.54. The number of hydrogen-bond acceptors (Lipinski definition) is 10. The van der Waals surface area contributed by atoms with Crippen LogP contribution in [0.1, 0.15) is 92.7 Å². The molecule has 1 aromatic rings. The second kappa shape index (κ2) is 18.3. The normalized spacial score (nSPS) is 31.8. The van der Waals surface area contributed by atoms with E-state index in [9.17, 15) is 24.9 Å². The van der Waals surface area contributed by atoms with Crippen molar-refractivity contribution in [1.82, 2.24) is 5.32 Å². The topological polar surface area (TPSA) is 147 Å². The molecular weight excluding hydrogens is 662 g/mol. The minimum Gasteiger partial charge on any atom is -0.457 e. The van der Waals surface area contributed by atoms with Gasteiger partial charge in [0.05, 0.1) is 36.4 Å². The van der Waals surface area contributed by atoms with Gasteiger partial charge in [-0.2, -0.15) is 0 Å². The van der Waals surface area contributed by atoms with E-state index in [0.29, 0.717) is 10.6 Å². The molecule has 0 radical (unpaired) electrons. The van der Waals surface area contributed by atoms with Crippen LogP contribution in [0.25, 0.3) is 0 Å². The minimum absolute atomic E-state index is 0.0200. The van der Waals surface area contributed by atoms with Gasteiger partial charge < -0.3 is 39.6 Å². The Morgan fingerprint density at radius 2 is 1.86 bits per heavy atom. The summed E-state index contributed by atoms with van der Waals surface area (Å²) in [7, 11) is 1.70. The number of nitrogens with one attached hydrogen (secondary N) is 1. The molecule has 1 fully saturated rings. The zero-order valence-electron chi connectivity index (χ0n) is 31.0. The number of rotatable bonds is 13. The van der Waals surface area contributed by atoms with Gasteiger partial charge in [-0.3, -0.25) is 9.59 Å². The van der Waals surface area contributed by atoms with Crippen LogP contribution in [0.2, 0.25) is 5.02 Å². The smallest absolute Gasteiger partial charge is 0.309 e. The summed E-state index contributed by atoms with van der Waals surface area (Å²) >= 11 is 6.13. The predicted molar refractivity (Wildman–Crippen MR) is 193 cm³/mol. The average molecular weight is 720 g/mol. The number of benzene rings is 1. The van der Waals surface area contributed by atoms with Crippen molar-refractivity contribution in [3.63, 3.8) is 0 Å². The van der Waals surface area contributed by atoms with E-state index in [1.807, 2.05) is 45.0 Å². The molecule has 10 nitrogen and oxygen atoms in total. The molecule has 2 aliphatic heterocycles. The van der Waals surface area contributed by atoms with E-state index in [4.69, 9.17) is 30.5 Å². The highest BCUT2D eigenvalue weighted by molar-refractivity contribution is 6.30. The fourth-order valence-corrected chi connectivity index (χ4v) is 6.85. The van der Waals surface area contributed by atoms with Crippen molar-refractivity contribution < 1.29 is 43.9 Å². The summed E-state index contributed by atoms with van der Waals surface area (Å²) in [4.78, 5) is 24.7. The van der Waals surface area contributed by atoms with Gasteiger partial charge in [0.1, 0.15) is 23.9 Å². The molecule has 1 saturated heterocycles. The number of ether oxygens (including phenoxy) is 4. The quantitative estimate of drug-likeness (QED) is 0.0857. The molecule has 0 aliphatic carbocycles. The lowest BCUT2D eigenvalue weighted by atomic mass is 9.86. The van der Waals surface area contributed by atoms with Crippen molar-refractivity contribution in [2.45, 2.75) is 141 Å². The molecule has 2 heterocycles. The molecule has 1 aromatic carbocycles. The fraction of sp³-hybridized carbons (Fsp3) is 0.641. The lowest BCUT2D eigenvalue weighted by Gasteiger charge is -2.33. The second-order valence-corrected chi connectivity index (χ2v) is 14.9. The summed E-state index contributed by atoms with van der Waals surface area (Å²) in [5, 5.41) is 37.9. The summed E-state index contributed by atoms with van der Waals surface area (Å²) in [6.45, 7) is 14.4. The maximum atomic E-state index is 12.9. The molecule has 50 heavy (non-hydrogen) atoms. The van der Waals surface area contributed by atoms with Crippen LogP contribution in [-0.2, 0) is 28.5 Å². The Bertz CT molecular complexity index is 1350. The van der Waals surface area contributed by atoms with E-state index in [-0.39, 0.29) is 49.5 Å². The number of aliphatic hydroxyl groups is 3. The Kier molecular flexibility index (Phi) is 15.3. The maximum Gasteiger partial charge on any atom is 0.309 e. The molecule has 280 valence electrons. The predicted octanol–water partition coefficient (Wildman–Crippen LogP) is 5.77. The van der Waals surface area contributed by atoms with Crippen molar-refractivity contribution in [3.8, 4) is 0 Å². The Balaban J connectivity index is 1.90. The lowest BCUT2D eigenvalue weighted by molar-refractivity contribution is -0.157. The van der Waals surface area contributed by atoms with Crippen LogP contribution < -0.4 is 5.32 Å². The molecule has 0 saturated carbocycles. The van der Waals surface area contributed by atoms with Crippen molar-refractivity contribution in [3.05, 3.63) is 70.8 Å². The average Bonchev–Trinajstić information content (AvgIpc) is 3.83. The first-order valence-electron chi connectivity index (χ1n) is 17.6. The highest BCUT2D eigenvalue weighted by Crippen LogP contribution is 2.39. The fourth-order valence-electron chi connectivity index (χ4n) is 6.73. The molecular formula is C39H58ClNO9. The zero-order chi connectivity index (χ0) is 37.4. The molecule has 0 bridgehead atoms. The third-order valence-corrected chi connectivity index (χ3v) is 10.2. The SMILES string of the molecule is CCC(OC)C(C)C1OC1C(NC(C)c1ccc(Cl)cc1)C(C)(O)C=CC=C(C)C1OC(=O)CC(O)CCC(C)(O)C(OC(C)=O)C=CC1C. The van der Waals surface area contributed by atoms with Crippen LogP contribution in [-0.4, -0.2) is 88.2 Å². The molecule has 0 aromatic heterocycles. The molecule has 12 unspecified atom stereocenters. The van der Waals surface area contributed by atoms with Crippen molar-refractivity contribution in [2.75, 3.05) is 7.11 Å². The highest BCUT2D eigenvalue weighted by atomic mass is 35.5. The molecule has 0 amide bonds. The first kappa shape index (κ1) is 41.8. The number of allylic oxidation sites excluding steroid dienone is 2. The summed E-state index contributed by atoms with van der Waals surface area (Å²) in [5.74, 6) is -1.40. The second-order valence-electron chi connectivity index (χ2n) is 14.5. The Labute approximate surface area is 302 Å². The molecule has 2 aliphatic rings. The Morgan fingerprint density at radius 1 is 1.20 bits per heavy atom. The van der Waals surface area contributed by atoms with Crippen LogP contribution in [0.4, 0.5) is 0 Å². The summed E-state index contributed by atoms with van der Waals surface area (Å²) in [6.07, 6.45) is 6.28. The first-order valence-corrected chi connectivity index (χ1v) is 18.0. The lowest BCUT2D eigenvalue weighted by Crippen LogP contribution is -2.53. The molecule has 11 heteroatoms. The zero-order valence-corrected chi connectivity index (χ0v) is 31.7. The number of aliphatic hydroxyl groups excluding tert-OH is 1. The van der Waals surface area contributed by atoms with E-state index >= 15 is 0 Å². The standard InChI is InChI=1S/C39H58ClNO9/c1-10-31(47-9)25(4)35-36(50-35)37(41-26(5)28-14-16-29(40)17-15-28)39(8,46)20-11-12-23(2)34-24(3)13-18-32(48-27(6)42)38(7,45)21-19-30(43)22-33(44)49-34/h11-18,20,24-26,30-32,34-37,41,43,45-46H,10,19,21-22H2,1-9H3. The third-order valence-electron chi connectivity index (χ3n) is 9.99. The van der Waals surface area contributed by atoms with Gasteiger partial charge >= 0.3 is 11.9 Å². The summed E-state index contributed by atoms with van der Waals surface area (Å²) in [5.41, 5.74) is -1.13. The molecule has 12 atom stereocenters. The van der Waals surface area contributed by atoms with Gasteiger partial charge in [-0.1, -0.05) is 68.8 Å². The van der Waals surface area contributed by atoms with Crippen LogP contribution in [0.5, 0.6) is 0 Å². The molecule has 0 spiro atoms. The van der Waals surface area contributed by atoms with Gasteiger partial charge in [0.2, 0.25) is 0 Å². The van der Waals surface area contributed by atoms with E-state index in [1.54, 1.807) is 51.3 Å². The summed E-state index contributed by atoms with van der Waals surface area (Å²) in [6, 6.07) is 6.96. The van der Waals surface area contributed by atoms with Crippen LogP contribution in [0, 0.1) is 11.8 Å². The van der Waals surface area contributed by atoms with Crippen LogP contribution >= 0.6 is 11.6 Å². The molecule has 4 N–H and O–H groups in total. The maximum absolute atomic E-state index is 12.9. The number of carbonyl (C=O) groups is 2. The number of hydrogen-bond donors (Lipinski definition) is 4. The van der Waals surface area contributed by atoms with Gasteiger partial charge in [0, 0.05) is 36.9 Å². The van der Waals surface area contributed by atoms with Gasteiger partial charge in [-0.15, -0.1) is 0 Å². The van der Waals surface area contributed by atoms with Crippen molar-refractivity contribution >= 4 is 23.5 Å². The van der Waals surface area contributed by atoms with E-state index in [2.05, 4.69) is 19.2 Å². The van der Waals surface area contributed by atoms with E-state index < -0.39 is 53.4 Å². The molecule has 3 rings (SSSR count). The van der Waals surface area contributed by atoms with Crippen LogP contribution in [0.3, 0.4) is 0 Å². The number of carbonyl (C=O) groups excluding carboxylic acids is 2. The minimum atomic E-state index is -1.46. The van der Waals surface area contributed by atoms with Crippen molar-refractivity contribution in [1.29, 1.82) is 0 Å².